The number of phenols is 1. The Bertz CT molecular complexity index is 344. The standard InChI is InChI=1S/C10H10O3/c11-6-8-7-2-1-5-13-10(7)4-3-9(8)12/h3-4,6,12H,1-2,5H2. The molecule has 0 unspecified atom stereocenters. The highest BCUT2D eigenvalue weighted by atomic mass is 16.5. The third-order valence-corrected chi connectivity index (χ3v) is 2.24. The van der Waals surface area contributed by atoms with Gasteiger partial charge in [-0.1, -0.05) is 0 Å². The number of aromatic hydroxyl groups is 1. The van der Waals surface area contributed by atoms with Gasteiger partial charge in [0.1, 0.15) is 11.5 Å². The van der Waals surface area contributed by atoms with Crippen LogP contribution < -0.4 is 4.74 Å². The fourth-order valence-corrected chi connectivity index (χ4v) is 1.59. The number of hydrogen-bond donors (Lipinski definition) is 1. The monoisotopic (exact) mass is 178 g/mol. The number of benzene rings is 1. The van der Waals surface area contributed by atoms with Crippen molar-refractivity contribution in [1.29, 1.82) is 0 Å². The molecular formula is C10H10O3. The maximum atomic E-state index is 10.7. The van der Waals surface area contributed by atoms with Crippen LogP contribution in [0.5, 0.6) is 11.5 Å². The Hall–Kier alpha value is -1.51. The van der Waals surface area contributed by atoms with Crippen LogP contribution in [0.15, 0.2) is 12.1 Å². The molecule has 3 nitrogen and oxygen atoms in total. The molecule has 0 atom stereocenters. The third kappa shape index (κ3) is 1.26. The van der Waals surface area contributed by atoms with Crippen LogP contribution in [0.3, 0.4) is 0 Å². The fourth-order valence-electron chi connectivity index (χ4n) is 1.59. The fraction of sp³-hybridized carbons (Fsp3) is 0.300. The molecule has 0 spiro atoms. The quantitative estimate of drug-likeness (QED) is 0.663. The lowest BCUT2D eigenvalue weighted by atomic mass is 10.00. The van der Waals surface area contributed by atoms with Crippen LogP contribution in [0.25, 0.3) is 0 Å². The molecular weight excluding hydrogens is 168 g/mol. The first-order chi connectivity index (χ1) is 6.33. The molecule has 1 aliphatic heterocycles. The minimum atomic E-state index is 0.0410. The van der Waals surface area contributed by atoms with Gasteiger partial charge in [0.05, 0.1) is 12.2 Å². The normalized spacial score (nSPS) is 14.5. The van der Waals surface area contributed by atoms with E-state index in [0.717, 1.165) is 24.2 Å². The molecule has 2 rings (SSSR count). The Balaban J connectivity index is 2.58. The minimum Gasteiger partial charge on any atom is -0.507 e. The maximum Gasteiger partial charge on any atom is 0.154 e. The zero-order valence-electron chi connectivity index (χ0n) is 7.12. The molecule has 13 heavy (non-hydrogen) atoms. The van der Waals surface area contributed by atoms with E-state index >= 15 is 0 Å². The van der Waals surface area contributed by atoms with Gasteiger partial charge in [-0.15, -0.1) is 0 Å². The summed E-state index contributed by atoms with van der Waals surface area (Å²) in [5.74, 6) is 0.769. The summed E-state index contributed by atoms with van der Waals surface area (Å²) < 4.78 is 5.35. The van der Waals surface area contributed by atoms with E-state index in [9.17, 15) is 9.90 Å². The first kappa shape index (κ1) is 8.10. The summed E-state index contributed by atoms with van der Waals surface area (Å²) in [6, 6.07) is 3.20. The molecule has 3 heteroatoms. The average Bonchev–Trinajstić information content (AvgIpc) is 2.18. The van der Waals surface area contributed by atoms with Gasteiger partial charge >= 0.3 is 0 Å². The lowest BCUT2D eigenvalue weighted by Crippen LogP contribution is -2.10. The lowest BCUT2D eigenvalue weighted by Gasteiger charge is -2.18. The van der Waals surface area contributed by atoms with Crippen molar-refractivity contribution in [3.8, 4) is 11.5 Å². The number of rotatable bonds is 1. The lowest BCUT2D eigenvalue weighted by molar-refractivity contribution is 0.111. The molecule has 0 aliphatic carbocycles. The van der Waals surface area contributed by atoms with Crippen molar-refractivity contribution in [2.75, 3.05) is 6.61 Å². The van der Waals surface area contributed by atoms with Crippen LogP contribution in [0, 0.1) is 0 Å². The van der Waals surface area contributed by atoms with Crippen LogP contribution in [-0.2, 0) is 6.42 Å². The Morgan fingerprint density at radius 1 is 1.46 bits per heavy atom. The molecule has 0 aromatic heterocycles. The summed E-state index contributed by atoms with van der Waals surface area (Å²) in [4.78, 5) is 10.7. The predicted octanol–water partition coefficient (Wildman–Crippen LogP) is 1.53. The van der Waals surface area contributed by atoms with E-state index in [1.165, 1.54) is 6.07 Å². The van der Waals surface area contributed by atoms with Crippen LogP contribution in [0.4, 0.5) is 0 Å². The maximum absolute atomic E-state index is 10.7. The second-order valence-electron chi connectivity index (χ2n) is 3.04. The van der Waals surface area contributed by atoms with Crippen molar-refractivity contribution in [3.63, 3.8) is 0 Å². The van der Waals surface area contributed by atoms with Gasteiger partial charge in [0.15, 0.2) is 6.29 Å². The summed E-state index contributed by atoms with van der Waals surface area (Å²) in [6.45, 7) is 0.691. The second-order valence-corrected chi connectivity index (χ2v) is 3.04. The number of phenolic OH excluding ortho intramolecular Hbond substituents is 1. The number of fused-ring (bicyclic) bond motifs is 1. The van der Waals surface area contributed by atoms with E-state index in [4.69, 9.17) is 4.74 Å². The average molecular weight is 178 g/mol. The molecule has 0 fully saturated rings. The SMILES string of the molecule is O=Cc1c(O)ccc2c1CCCO2. The highest BCUT2D eigenvalue weighted by molar-refractivity contribution is 5.83. The number of aldehydes is 1. The summed E-state index contributed by atoms with van der Waals surface area (Å²) >= 11 is 0. The van der Waals surface area contributed by atoms with Gasteiger partial charge in [0.2, 0.25) is 0 Å². The van der Waals surface area contributed by atoms with Gasteiger partial charge in [-0.2, -0.15) is 0 Å². The molecule has 1 aliphatic rings. The van der Waals surface area contributed by atoms with Crippen molar-refractivity contribution in [2.45, 2.75) is 12.8 Å². The number of hydrogen-bond acceptors (Lipinski definition) is 3. The first-order valence-corrected chi connectivity index (χ1v) is 4.26. The van der Waals surface area contributed by atoms with E-state index in [1.807, 2.05) is 0 Å². The molecule has 0 amide bonds. The summed E-state index contributed by atoms with van der Waals surface area (Å²) in [5.41, 5.74) is 1.21. The molecule has 1 heterocycles. The topological polar surface area (TPSA) is 46.5 Å². The third-order valence-electron chi connectivity index (χ3n) is 2.24. The van der Waals surface area contributed by atoms with Crippen molar-refractivity contribution >= 4 is 6.29 Å². The summed E-state index contributed by atoms with van der Waals surface area (Å²) in [7, 11) is 0. The van der Waals surface area contributed by atoms with Gasteiger partial charge in [-0.05, 0) is 25.0 Å². The largest absolute Gasteiger partial charge is 0.507 e. The Morgan fingerprint density at radius 3 is 3.08 bits per heavy atom. The van der Waals surface area contributed by atoms with Crippen molar-refractivity contribution in [1.82, 2.24) is 0 Å². The molecule has 1 aromatic carbocycles. The molecule has 0 bridgehead atoms. The van der Waals surface area contributed by atoms with Gasteiger partial charge in [0.25, 0.3) is 0 Å². The molecule has 1 aromatic rings. The smallest absolute Gasteiger partial charge is 0.154 e. The van der Waals surface area contributed by atoms with E-state index in [2.05, 4.69) is 0 Å². The highest BCUT2D eigenvalue weighted by Crippen LogP contribution is 2.31. The number of carbonyl (C=O) groups excluding carboxylic acids is 1. The Morgan fingerprint density at radius 2 is 2.31 bits per heavy atom. The first-order valence-electron chi connectivity index (χ1n) is 4.26. The van der Waals surface area contributed by atoms with Gasteiger partial charge in [0, 0.05) is 5.56 Å². The second kappa shape index (κ2) is 3.09. The van der Waals surface area contributed by atoms with Gasteiger partial charge in [-0.25, -0.2) is 0 Å². The highest BCUT2D eigenvalue weighted by Gasteiger charge is 2.16. The molecule has 1 N–H and O–H groups in total. The van der Waals surface area contributed by atoms with Crippen molar-refractivity contribution in [3.05, 3.63) is 23.3 Å². The molecule has 0 radical (unpaired) electrons. The molecule has 0 saturated carbocycles. The minimum absolute atomic E-state index is 0.0410. The number of ether oxygens (including phenoxy) is 1. The van der Waals surface area contributed by atoms with Crippen LogP contribution in [0.1, 0.15) is 22.3 Å². The molecule has 68 valence electrons. The summed E-state index contributed by atoms with van der Waals surface area (Å²) in [6.07, 6.45) is 2.39. The van der Waals surface area contributed by atoms with E-state index in [-0.39, 0.29) is 5.75 Å². The Labute approximate surface area is 76.0 Å². The Kier molecular flexibility index (Phi) is 1.93. The predicted molar refractivity (Wildman–Crippen MR) is 47.3 cm³/mol. The van der Waals surface area contributed by atoms with Crippen molar-refractivity contribution < 1.29 is 14.6 Å². The van der Waals surface area contributed by atoms with E-state index in [1.54, 1.807) is 6.07 Å². The molecule has 0 saturated heterocycles. The van der Waals surface area contributed by atoms with Crippen LogP contribution in [0.2, 0.25) is 0 Å². The zero-order valence-corrected chi connectivity index (χ0v) is 7.12. The van der Waals surface area contributed by atoms with Crippen LogP contribution in [-0.4, -0.2) is 18.0 Å². The van der Waals surface area contributed by atoms with Crippen molar-refractivity contribution in [2.24, 2.45) is 0 Å². The number of carbonyl (C=O) groups is 1. The van der Waals surface area contributed by atoms with E-state index in [0.29, 0.717) is 18.5 Å². The van der Waals surface area contributed by atoms with E-state index < -0.39 is 0 Å². The van der Waals surface area contributed by atoms with Gasteiger partial charge < -0.3 is 9.84 Å². The summed E-state index contributed by atoms with van der Waals surface area (Å²) in [5, 5.41) is 9.38. The zero-order chi connectivity index (χ0) is 9.26. The van der Waals surface area contributed by atoms with Gasteiger partial charge in [-0.3, -0.25) is 4.79 Å². The van der Waals surface area contributed by atoms with Crippen LogP contribution >= 0.6 is 0 Å².